The molecular formula is C29H35N7O2. The fourth-order valence-corrected chi connectivity index (χ4v) is 4.77. The number of fused-ring (bicyclic) bond motifs is 1. The molecule has 3 aromatic heterocycles. The van der Waals surface area contributed by atoms with E-state index in [0.717, 1.165) is 52.6 Å². The summed E-state index contributed by atoms with van der Waals surface area (Å²) in [5.41, 5.74) is 6.44. The molecule has 0 aliphatic carbocycles. The number of imidazole rings is 1. The third-order valence-corrected chi connectivity index (χ3v) is 6.82. The predicted octanol–water partition coefficient (Wildman–Crippen LogP) is 4.93. The maximum absolute atomic E-state index is 12.4. The first-order valence-corrected chi connectivity index (χ1v) is 13.1. The van der Waals surface area contributed by atoms with E-state index in [2.05, 4.69) is 50.0 Å². The predicted molar refractivity (Wildman–Crippen MR) is 147 cm³/mol. The maximum Gasteiger partial charge on any atom is 0.410 e. The van der Waals surface area contributed by atoms with E-state index in [4.69, 9.17) is 9.72 Å². The number of carbonyl (C=O) groups excluding carboxylic acids is 1. The molecule has 1 unspecified atom stereocenters. The summed E-state index contributed by atoms with van der Waals surface area (Å²) in [5.74, 6) is 0.874. The lowest BCUT2D eigenvalue weighted by Gasteiger charge is -2.38. The third kappa shape index (κ3) is 5.99. The van der Waals surface area contributed by atoms with Gasteiger partial charge in [-0.15, -0.1) is 0 Å². The number of piperazine rings is 1. The van der Waals surface area contributed by atoms with E-state index in [9.17, 15) is 4.79 Å². The van der Waals surface area contributed by atoms with Crippen molar-refractivity contribution in [2.45, 2.75) is 52.7 Å². The molecule has 1 saturated heterocycles. The number of hydrogen-bond acceptors (Lipinski definition) is 7. The third-order valence-electron chi connectivity index (χ3n) is 6.82. The number of aromatic nitrogens is 5. The van der Waals surface area contributed by atoms with Crippen LogP contribution in [0.5, 0.6) is 0 Å². The van der Waals surface area contributed by atoms with Crippen LogP contribution < -0.4 is 0 Å². The van der Waals surface area contributed by atoms with Gasteiger partial charge in [-0.2, -0.15) is 0 Å². The monoisotopic (exact) mass is 513 g/mol. The number of benzene rings is 1. The molecule has 1 aliphatic heterocycles. The first kappa shape index (κ1) is 25.8. The highest BCUT2D eigenvalue weighted by Crippen LogP contribution is 2.25. The topological polar surface area (TPSA) is 100 Å². The Hall–Kier alpha value is -3.85. The van der Waals surface area contributed by atoms with Crippen molar-refractivity contribution in [1.82, 2.24) is 34.7 Å². The van der Waals surface area contributed by atoms with Crippen LogP contribution in [0.25, 0.3) is 22.3 Å². The van der Waals surface area contributed by atoms with E-state index in [-0.39, 0.29) is 12.1 Å². The smallest absolute Gasteiger partial charge is 0.410 e. The Morgan fingerprint density at radius 2 is 1.84 bits per heavy atom. The molecule has 1 atom stereocenters. The molecule has 5 rings (SSSR count). The number of hydrogen-bond donors (Lipinski definition) is 1. The lowest BCUT2D eigenvalue weighted by atomic mass is 10.1. The summed E-state index contributed by atoms with van der Waals surface area (Å²) in [7, 11) is 0. The van der Waals surface area contributed by atoms with Gasteiger partial charge in [0.25, 0.3) is 0 Å². The number of nitrogens with one attached hydrogen (secondary N) is 1. The zero-order valence-electron chi connectivity index (χ0n) is 22.7. The van der Waals surface area contributed by atoms with E-state index >= 15 is 0 Å². The molecule has 0 spiro atoms. The van der Waals surface area contributed by atoms with Gasteiger partial charge >= 0.3 is 6.09 Å². The minimum atomic E-state index is -0.479. The number of aryl methyl sites for hydroxylation is 1. The Balaban J connectivity index is 1.24. The zero-order chi connectivity index (χ0) is 26.9. The molecule has 9 nitrogen and oxygen atoms in total. The second-order valence-electron chi connectivity index (χ2n) is 10.9. The highest BCUT2D eigenvalue weighted by atomic mass is 16.6. The largest absolute Gasteiger partial charge is 0.444 e. The molecule has 1 N–H and O–H groups in total. The molecule has 9 heteroatoms. The molecule has 0 radical (unpaired) electrons. The normalized spacial score (nSPS) is 15.6. The van der Waals surface area contributed by atoms with Gasteiger partial charge in [0.15, 0.2) is 0 Å². The molecule has 0 saturated carbocycles. The van der Waals surface area contributed by atoms with Crippen LogP contribution in [0.1, 0.15) is 56.5 Å². The number of rotatable bonds is 5. The van der Waals surface area contributed by atoms with Crippen molar-refractivity contribution in [3.63, 3.8) is 0 Å². The lowest BCUT2D eigenvalue weighted by Crippen LogP contribution is -2.50. The van der Waals surface area contributed by atoms with Gasteiger partial charge in [0.05, 0.1) is 16.7 Å². The fraction of sp³-hybridized carbons (Fsp3) is 0.414. The first-order valence-electron chi connectivity index (χ1n) is 13.1. The number of nitrogens with zero attached hydrogens (tertiary/aromatic N) is 6. The Morgan fingerprint density at radius 1 is 1.05 bits per heavy atom. The van der Waals surface area contributed by atoms with Crippen molar-refractivity contribution in [2.75, 3.05) is 26.2 Å². The highest BCUT2D eigenvalue weighted by molar-refractivity contribution is 5.81. The summed E-state index contributed by atoms with van der Waals surface area (Å²) in [6.45, 7) is 12.8. The molecule has 0 bridgehead atoms. The number of H-pyrrole nitrogens is 1. The second kappa shape index (κ2) is 10.5. The van der Waals surface area contributed by atoms with Crippen LogP contribution in [-0.2, 0) is 11.2 Å². The molecule has 1 fully saturated rings. The Morgan fingerprint density at radius 3 is 2.58 bits per heavy atom. The van der Waals surface area contributed by atoms with Crippen LogP contribution >= 0.6 is 0 Å². The number of ether oxygens (including phenoxy) is 1. The van der Waals surface area contributed by atoms with E-state index in [1.807, 2.05) is 52.1 Å². The van der Waals surface area contributed by atoms with Crippen LogP contribution in [0, 0.1) is 6.92 Å². The van der Waals surface area contributed by atoms with Crippen LogP contribution in [0.15, 0.2) is 48.9 Å². The molecule has 4 aromatic rings. The van der Waals surface area contributed by atoms with Crippen LogP contribution in [0.2, 0.25) is 0 Å². The summed E-state index contributed by atoms with van der Waals surface area (Å²) >= 11 is 0. The quantitative estimate of drug-likeness (QED) is 0.404. The Labute approximate surface area is 223 Å². The van der Waals surface area contributed by atoms with Crippen molar-refractivity contribution >= 4 is 17.1 Å². The van der Waals surface area contributed by atoms with Crippen LogP contribution in [0.3, 0.4) is 0 Å². The lowest BCUT2D eigenvalue weighted by molar-refractivity contribution is 0.0110. The molecule has 4 heterocycles. The number of carbonyl (C=O) groups is 1. The number of pyridine rings is 1. The fourth-order valence-electron chi connectivity index (χ4n) is 4.77. The second-order valence-corrected chi connectivity index (χ2v) is 10.9. The van der Waals surface area contributed by atoms with Crippen molar-refractivity contribution in [2.24, 2.45) is 0 Å². The zero-order valence-corrected chi connectivity index (χ0v) is 22.7. The summed E-state index contributed by atoms with van der Waals surface area (Å²) < 4.78 is 5.53. The van der Waals surface area contributed by atoms with E-state index < -0.39 is 5.60 Å². The summed E-state index contributed by atoms with van der Waals surface area (Å²) in [5, 5.41) is 0. The molecule has 38 heavy (non-hydrogen) atoms. The van der Waals surface area contributed by atoms with E-state index in [1.54, 1.807) is 11.2 Å². The maximum atomic E-state index is 12.4. The van der Waals surface area contributed by atoms with Crippen LogP contribution in [-0.4, -0.2) is 72.6 Å². The summed E-state index contributed by atoms with van der Waals surface area (Å²) in [4.78, 5) is 38.0. The Bertz CT molecular complexity index is 1430. The van der Waals surface area contributed by atoms with Crippen molar-refractivity contribution in [3.8, 4) is 11.3 Å². The molecular weight excluding hydrogens is 478 g/mol. The van der Waals surface area contributed by atoms with Gasteiger partial charge in [0, 0.05) is 61.8 Å². The standard InChI is InChI=1S/C29H35N7O2/c1-19-14-25(32-18-31-19)22-6-7-24-26(16-22)34-27(33-24)17-23-15-21(8-9-30-23)20(2)35-10-12-36(13-11-35)28(37)38-29(3,4)5/h6-9,14-16,18,20H,10-13,17H2,1-5H3,(H,33,34). The van der Waals surface area contributed by atoms with Gasteiger partial charge in [-0.3, -0.25) is 9.88 Å². The molecule has 1 aliphatic rings. The summed E-state index contributed by atoms with van der Waals surface area (Å²) in [6.07, 6.45) is 3.84. The molecule has 198 valence electrons. The van der Waals surface area contributed by atoms with Gasteiger partial charge in [-0.1, -0.05) is 6.07 Å². The van der Waals surface area contributed by atoms with Gasteiger partial charge in [0.1, 0.15) is 17.8 Å². The van der Waals surface area contributed by atoms with Gasteiger partial charge in [-0.25, -0.2) is 19.7 Å². The summed E-state index contributed by atoms with van der Waals surface area (Å²) in [6, 6.07) is 12.6. The van der Waals surface area contributed by atoms with Crippen molar-refractivity contribution in [1.29, 1.82) is 0 Å². The Kier molecular flexibility index (Phi) is 7.12. The molecule has 1 aromatic carbocycles. The molecule has 1 amide bonds. The van der Waals surface area contributed by atoms with E-state index in [1.165, 1.54) is 5.56 Å². The van der Waals surface area contributed by atoms with Crippen LogP contribution in [0.4, 0.5) is 4.79 Å². The van der Waals surface area contributed by atoms with Gasteiger partial charge in [-0.05, 0) is 70.5 Å². The first-order chi connectivity index (χ1) is 18.1. The minimum Gasteiger partial charge on any atom is -0.444 e. The minimum absolute atomic E-state index is 0.215. The van der Waals surface area contributed by atoms with Gasteiger partial charge in [0.2, 0.25) is 0 Å². The highest BCUT2D eigenvalue weighted by Gasteiger charge is 2.28. The van der Waals surface area contributed by atoms with E-state index in [0.29, 0.717) is 19.5 Å². The average molecular weight is 514 g/mol. The SMILES string of the molecule is Cc1cc(-c2ccc3nc(Cc4cc(C(C)N5CCN(C(=O)OC(C)(C)C)CC5)ccn4)[nH]c3c2)ncn1. The number of aromatic amines is 1. The van der Waals surface area contributed by atoms with Crippen molar-refractivity contribution in [3.05, 3.63) is 71.7 Å². The van der Waals surface area contributed by atoms with Crippen molar-refractivity contribution < 1.29 is 9.53 Å². The van der Waals surface area contributed by atoms with Gasteiger partial charge < -0.3 is 14.6 Å². The number of amides is 1. The average Bonchev–Trinajstić information content (AvgIpc) is 3.29.